The van der Waals surface area contributed by atoms with Crippen LogP contribution in [0.2, 0.25) is 0 Å². The highest BCUT2D eigenvalue weighted by Crippen LogP contribution is 2.51. The SMILES string of the molecule is O=S(=O)(O)C(F)(F)C(F)(F)C(F)(F)S(=O)(=O)Oc1cccc([S+](c2ccccc2)c2ccccc2)c1. The van der Waals surface area contributed by atoms with Gasteiger partial charge in [-0.1, -0.05) is 42.5 Å². The highest BCUT2D eigenvalue weighted by molar-refractivity contribution is 7.97. The number of hydrogen-bond donors (Lipinski definition) is 1. The van der Waals surface area contributed by atoms with E-state index in [0.29, 0.717) is 14.7 Å². The fraction of sp³-hybridized carbons (Fsp3) is 0.143. The van der Waals surface area contributed by atoms with E-state index in [9.17, 15) is 43.2 Å². The number of alkyl halides is 6. The van der Waals surface area contributed by atoms with Crippen LogP contribution >= 0.6 is 0 Å². The molecule has 0 spiro atoms. The van der Waals surface area contributed by atoms with Crippen molar-refractivity contribution in [1.82, 2.24) is 0 Å². The topological polar surface area (TPSA) is 97.7 Å². The Kier molecular flexibility index (Phi) is 7.43. The Morgan fingerprint density at radius 1 is 0.639 bits per heavy atom. The third-order valence-corrected chi connectivity index (χ3v) is 8.99. The van der Waals surface area contributed by atoms with Crippen LogP contribution in [0, 0.1) is 0 Å². The van der Waals surface area contributed by atoms with Crippen molar-refractivity contribution >= 4 is 31.1 Å². The minimum Gasteiger partial charge on any atom is -0.378 e. The molecule has 194 valence electrons. The minimum atomic E-state index is -7.14. The van der Waals surface area contributed by atoms with Gasteiger partial charge in [-0.25, -0.2) is 0 Å². The van der Waals surface area contributed by atoms with Gasteiger partial charge in [-0.2, -0.15) is 43.2 Å². The zero-order valence-corrected chi connectivity index (χ0v) is 20.0. The molecule has 3 aromatic rings. The summed E-state index contributed by atoms with van der Waals surface area (Å²) in [5, 5.41) is -13.6. The lowest BCUT2D eigenvalue weighted by atomic mass is 10.3. The van der Waals surface area contributed by atoms with E-state index in [1.165, 1.54) is 6.07 Å². The molecule has 0 aliphatic carbocycles. The molecule has 0 unspecified atom stereocenters. The van der Waals surface area contributed by atoms with Crippen molar-refractivity contribution in [2.75, 3.05) is 0 Å². The van der Waals surface area contributed by atoms with Crippen molar-refractivity contribution in [3.05, 3.63) is 84.9 Å². The smallest absolute Gasteiger partial charge is 0.378 e. The molecule has 0 bridgehead atoms. The minimum absolute atomic E-state index is 0.290. The number of halogens is 6. The Bertz CT molecular complexity index is 1390. The van der Waals surface area contributed by atoms with Crippen molar-refractivity contribution in [3.8, 4) is 5.75 Å². The van der Waals surface area contributed by atoms with Crippen LogP contribution in [0.15, 0.2) is 99.6 Å². The summed E-state index contributed by atoms with van der Waals surface area (Å²) in [4.78, 5) is 1.69. The van der Waals surface area contributed by atoms with Crippen LogP contribution in [0.5, 0.6) is 5.75 Å². The summed E-state index contributed by atoms with van der Waals surface area (Å²) in [6, 6.07) is 21.6. The number of hydrogen-bond acceptors (Lipinski definition) is 5. The molecular formula is C21H15F6O6S3+. The van der Waals surface area contributed by atoms with Gasteiger partial charge in [0, 0.05) is 6.07 Å². The van der Waals surface area contributed by atoms with Gasteiger partial charge in [-0.05, 0) is 36.4 Å². The Labute approximate surface area is 204 Å². The second-order valence-corrected chi connectivity index (χ2v) is 12.1. The van der Waals surface area contributed by atoms with Crippen LogP contribution in [0.1, 0.15) is 0 Å². The van der Waals surface area contributed by atoms with Crippen molar-refractivity contribution in [3.63, 3.8) is 0 Å². The normalized spacial score (nSPS) is 13.6. The fourth-order valence-electron chi connectivity index (χ4n) is 2.84. The van der Waals surface area contributed by atoms with Gasteiger partial charge >= 0.3 is 36.7 Å². The van der Waals surface area contributed by atoms with Gasteiger partial charge in [-0.3, -0.25) is 4.55 Å². The van der Waals surface area contributed by atoms with Gasteiger partial charge in [0.15, 0.2) is 14.7 Å². The summed E-state index contributed by atoms with van der Waals surface area (Å²) in [7, 11) is -15.0. The lowest BCUT2D eigenvalue weighted by Gasteiger charge is -2.29. The molecule has 1 N–H and O–H groups in total. The van der Waals surface area contributed by atoms with Gasteiger partial charge in [0.05, 0.1) is 10.9 Å². The molecular weight excluding hydrogens is 558 g/mol. The monoisotopic (exact) mass is 573 g/mol. The quantitative estimate of drug-likeness (QED) is 0.164. The maximum atomic E-state index is 14.2. The first-order chi connectivity index (χ1) is 16.5. The molecule has 0 atom stereocenters. The van der Waals surface area contributed by atoms with Gasteiger partial charge < -0.3 is 4.18 Å². The van der Waals surface area contributed by atoms with E-state index < -0.39 is 53.3 Å². The van der Waals surface area contributed by atoms with E-state index in [1.54, 1.807) is 60.7 Å². The molecule has 0 aliphatic heterocycles. The first-order valence-corrected chi connectivity index (χ1v) is 13.6. The molecule has 0 aromatic heterocycles. The molecule has 0 heterocycles. The Morgan fingerprint density at radius 2 is 1.08 bits per heavy atom. The van der Waals surface area contributed by atoms with Gasteiger partial charge in [0.1, 0.15) is 5.75 Å². The maximum Gasteiger partial charge on any atom is 0.450 e. The van der Waals surface area contributed by atoms with Crippen LogP contribution in [-0.4, -0.2) is 37.8 Å². The molecule has 6 nitrogen and oxygen atoms in total. The molecule has 0 aliphatic rings. The zero-order valence-electron chi connectivity index (χ0n) is 17.6. The van der Waals surface area contributed by atoms with E-state index >= 15 is 0 Å². The molecule has 0 fully saturated rings. The lowest BCUT2D eigenvalue weighted by Crippen LogP contribution is -2.61. The molecule has 15 heteroatoms. The second kappa shape index (κ2) is 9.61. The van der Waals surface area contributed by atoms with Crippen molar-refractivity contribution < 1.29 is 51.9 Å². The maximum absolute atomic E-state index is 14.2. The third-order valence-electron chi connectivity index (χ3n) is 4.57. The summed E-state index contributed by atoms with van der Waals surface area (Å²) >= 11 is 0. The summed E-state index contributed by atoms with van der Waals surface area (Å²) in [5.74, 6) is -8.02. The van der Waals surface area contributed by atoms with E-state index in [2.05, 4.69) is 4.18 Å². The van der Waals surface area contributed by atoms with E-state index in [0.717, 1.165) is 18.2 Å². The number of rotatable bonds is 9. The summed E-state index contributed by atoms with van der Waals surface area (Å²) in [6.07, 6.45) is 0. The fourth-order valence-corrected chi connectivity index (χ4v) is 6.39. The third kappa shape index (κ3) is 4.92. The van der Waals surface area contributed by atoms with Gasteiger partial charge in [-0.15, -0.1) is 0 Å². The van der Waals surface area contributed by atoms with Crippen molar-refractivity contribution in [1.29, 1.82) is 0 Å². The molecule has 0 amide bonds. The second-order valence-electron chi connectivity index (χ2n) is 7.03. The number of benzene rings is 3. The first kappa shape index (κ1) is 27.8. The van der Waals surface area contributed by atoms with Crippen LogP contribution in [0.3, 0.4) is 0 Å². The summed E-state index contributed by atoms with van der Waals surface area (Å²) < 4.78 is 140. The lowest BCUT2D eigenvalue weighted by molar-refractivity contribution is -0.247. The van der Waals surface area contributed by atoms with E-state index in [4.69, 9.17) is 4.55 Å². The highest BCUT2D eigenvalue weighted by Gasteiger charge is 2.83. The van der Waals surface area contributed by atoms with Crippen LogP contribution in [0.25, 0.3) is 0 Å². The van der Waals surface area contributed by atoms with Crippen molar-refractivity contribution in [2.24, 2.45) is 0 Å². The Morgan fingerprint density at radius 3 is 1.53 bits per heavy atom. The predicted molar refractivity (Wildman–Crippen MR) is 117 cm³/mol. The molecule has 3 aromatic carbocycles. The van der Waals surface area contributed by atoms with Crippen molar-refractivity contribution in [2.45, 2.75) is 31.1 Å². The molecule has 0 radical (unpaired) electrons. The Hall–Kier alpha value is -2.75. The summed E-state index contributed by atoms with van der Waals surface area (Å²) in [5.41, 5.74) is 0. The van der Waals surface area contributed by atoms with E-state index in [-0.39, 0.29) is 0 Å². The van der Waals surface area contributed by atoms with Crippen LogP contribution in [0.4, 0.5) is 26.3 Å². The molecule has 3 rings (SSSR count). The average molecular weight is 574 g/mol. The predicted octanol–water partition coefficient (Wildman–Crippen LogP) is 5.20. The standard InChI is InChI=1S/C21H14F6O6S3/c22-19(23,20(24,25)35(28,29)30)21(26,27)36(31,32)33-15-8-7-13-18(14-15)34(16-9-3-1-4-10-16)17-11-5-2-6-12-17/h1-14H/p+1. The summed E-state index contributed by atoms with van der Waals surface area (Å²) in [6.45, 7) is 0. The average Bonchev–Trinajstić information content (AvgIpc) is 2.79. The largest absolute Gasteiger partial charge is 0.450 e. The molecule has 0 saturated heterocycles. The molecule has 0 saturated carbocycles. The first-order valence-electron chi connectivity index (χ1n) is 9.52. The highest BCUT2D eigenvalue weighted by atomic mass is 32.2. The zero-order chi connectivity index (χ0) is 27.0. The van der Waals surface area contributed by atoms with Gasteiger partial charge in [0.2, 0.25) is 0 Å². The molecule has 36 heavy (non-hydrogen) atoms. The van der Waals surface area contributed by atoms with Crippen LogP contribution in [-0.2, 0) is 31.1 Å². The van der Waals surface area contributed by atoms with E-state index in [1.807, 2.05) is 0 Å². The van der Waals surface area contributed by atoms with Gasteiger partial charge in [0.25, 0.3) is 0 Å². The Balaban J connectivity index is 2.04. The van der Waals surface area contributed by atoms with Crippen LogP contribution < -0.4 is 4.18 Å².